The number of hydrogen-bond acceptors (Lipinski definition) is 3. The van der Waals surface area contributed by atoms with E-state index in [4.69, 9.17) is 5.11 Å². The average Bonchev–Trinajstić information content (AvgIpc) is 2.28. The van der Waals surface area contributed by atoms with Gasteiger partial charge < -0.3 is 11.3 Å². The first-order chi connectivity index (χ1) is 6.74. The molecule has 0 heterocycles. The van der Waals surface area contributed by atoms with E-state index in [2.05, 4.69) is 0 Å². The summed E-state index contributed by atoms with van der Waals surface area (Å²) in [5.41, 5.74) is 3.15. The van der Waals surface area contributed by atoms with Gasteiger partial charge in [0.2, 0.25) is 0 Å². The summed E-state index contributed by atoms with van der Waals surface area (Å²) >= 11 is 0. The van der Waals surface area contributed by atoms with Crippen molar-refractivity contribution in [1.29, 1.82) is 0 Å². The molecule has 0 aliphatic rings. The molecule has 0 aliphatic carbocycles. The first kappa shape index (κ1) is 19.4. The van der Waals surface area contributed by atoms with E-state index in [1.165, 1.54) is 11.1 Å². The van der Waals surface area contributed by atoms with E-state index in [0.717, 1.165) is 19.0 Å². The van der Waals surface area contributed by atoms with Crippen molar-refractivity contribution in [3.63, 3.8) is 0 Å². The fourth-order valence-corrected chi connectivity index (χ4v) is 0.838. The van der Waals surface area contributed by atoms with Crippen molar-refractivity contribution in [2.24, 2.45) is 0 Å². The van der Waals surface area contributed by atoms with Crippen molar-refractivity contribution < 1.29 is 9.90 Å². The minimum Gasteiger partial charge on any atom is -0.400 e. The number of hydrogen-bond donors (Lipinski definition) is 2. The highest BCUT2D eigenvalue weighted by molar-refractivity contribution is 5.75. The van der Waals surface area contributed by atoms with Crippen molar-refractivity contribution in [2.45, 2.75) is 27.7 Å². The maximum Gasteiger partial charge on any atom is 0.150 e. The number of aldehydes is 1. The Morgan fingerprint density at radius 1 is 1.07 bits per heavy atom. The third kappa shape index (κ3) is 7.85. The van der Waals surface area contributed by atoms with Crippen LogP contribution in [0.1, 0.15) is 35.3 Å². The smallest absolute Gasteiger partial charge is 0.150 e. The maximum atomic E-state index is 10.3. The zero-order valence-electron chi connectivity index (χ0n) is 10.4. The summed E-state index contributed by atoms with van der Waals surface area (Å²) in [4.78, 5) is 10.3. The number of aliphatic hydroxyl groups excluding tert-OH is 1. The summed E-state index contributed by atoms with van der Waals surface area (Å²) < 4.78 is 0. The molecule has 3 heteroatoms. The van der Waals surface area contributed by atoms with Gasteiger partial charge in [0.05, 0.1) is 0 Å². The van der Waals surface area contributed by atoms with Crippen molar-refractivity contribution >= 4 is 6.29 Å². The molecule has 0 spiro atoms. The van der Waals surface area contributed by atoms with Gasteiger partial charge in [-0.25, -0.2) is 0 Å². The lowest BCUT2D eigenvalue weighted by Crippen LogP contribution is -1.84. The Morgan fingerprint density at radius 3 is 1.87 bits per heavy atom. The second-order valence-corrected chi connectivity index (χ2v) is 2.46. The predicted octanol–water partition coefficient (Wildman–Crippen LogP) is 2.91. The van der Waals surface area contributed by atoms with Crippen LogP contribution in [0.3, 0.4) is 0 Å². The van der Waals surface area contributed by atoms with Crippen LogP contribution in [-0.2, 0) is 0 Å². The molecule has 1 aromatic carbocycles. The fourth-order valence-electron chi connectivity index (χ4n) is 0.838. The van der Waals surface area contributed by atoms with Crippen LogP contribution in [0.5, 0.6) is 0 Å². The molecule has 0 unspecified atom stereocenters. The molecule has 15 heavy (non-hydrogen) atoms. The molecule has 0 amide bonds. The molecule has 0 aliphatic heterocycles. The molecule has 1 rings (SSSR count). The van der Waals surface area contributed by atoms with Crippen LogP contribution in [-0.4, -0.2) is 18.5 Å². The highest BCUT2D eigenvalue weighted by atomic mass is 16.2. The van der Waals surface area contributed by atoms with Gasteiger partial charge in [-0.2, -0.15) is 0 Å². The van der Waals surface area contributed by atoms with E-state index in [1.807, 2.05) is 45.9 Å². The topological polar surface area (TPSA) is 72.3 Å². The van der Waals surface area contributed by atoms with Crippen molar-refractivity contribution in [1.82, 2.24) is 6.15 Å². The van der Waals surface area contributed by atoms with Crippen molar-refractivity contribution in [3.05, 3.63) is 34.9 Å². The van der Waals surface area contributed by atoms with Gasteiger partial charge in [0.15, 0.2) is 0 Å². The number of carbonyl (C=O) groups excluding carboxylic acids is 1. The van der Waals surface area contributed by atoms with E-state index < -0.39 is 0 Å². The summed E-state index contributed by atoms with van der Waals surface area (Å²) in [6, 6.07) is 5.68. The second-order valence-electron chi connectivity index (χ2n) is 2.46. The maximum absolute atomic E-state index is 10.3. The monoisotopic (exact) mass is 213 g/mol. The Kier molecular flexibility index (Phi) is 16.6. The Bertz CT molecular complexity index is 260. The molecule has 88 valence electrons. The molecule has 3 nitrogen and oxygen atoms in total. The van der Waals surface area contributed by atoms with Crippen LogP contribution in [0.2, 0.25) is 0 Å². The molecule has 0 saturated heterocycles. The minimum absolute atomic E-state index is 0. The Hall–Kier alpha value is -1.19. The third-order valence-electron chi connectivity index (χ3n) is 1.67. The SMILES string of the molecule is CC.CO.Cc1ccc(C=O)cc1C.N. The number of rotatable bonds is 1. The van der Waals surface area contributed by atoms with Crippen molar-refractivity contribution in [3.8, 4) is 0 Å². The first-order valence-electron chi connectivity index (χ1n) is 4.71. The highest BCUT2D eigenvalue weighted by Gasteiger charge is 1.92. The second kappa shape index (κ2) is 12.8. The molecular formula is C12H23NO2. The summed E-state index contributed by atoms with van der Waals surface area (Å²) in [6.45, 7) is 8.03. The minimum atomic E-state index is 0. The third-order valence-corrected chi connectivity index (χ3v) is 1.67. The van der Waals surface area contributed by atoms with Gasteiger partial charge in [-0.1, -0.05) is 26.0 Å². The molecule has 1 aromatic rings. The van der Waals surface area contributed by atoms with Gasteiger partial charge in [-0.15, -0.1) is 0 Å². The number of aliphatic hydroxyl groups is 1. The molecule has 0 saturated carbocycles. The van der Waals surface area contributed by atoms with Crippen molar-refractivity contribution in [2.75, 3.05) is 7.11 Å². The van der Waals surface area contributed by atoms with E-state index in [0.29, 0.717) is 0 Å². The van der Waals surface area contributed by atoms with Crippen LogP contribution >= 0.6 is 0 Å². The molecule has 4 N–H and O–H groups in total. The largest absolute Gasteiger partial charge is 0.400 e. The normalized spacial score (nSPS) is 7.07. The Balaban J connectivity index is -0.000000258. The zero-order valence-corrected chi connectivity index (χ0v) is 10.4. The lowest BCUT2D eigenvalue weighted by molar-refractivity contribution is 0.112. The van der Waals surface area contributed by atoms with Gasteiger partial charge in [0.25, 0.3) is 0 Å². The van der Waals surface area contributed by atoms with E-state index in [9.17, 15) is 4.79 Å². The molecule has 0 fully saturated rings. The van der Waals surface area contributed by atoms with Crippen LogP contribution in [0, 0.1) is 13.8 Å². The van der Waals surface area contributed by atoms with E-state index >= 15 is 0 Å². The lowest BCUT2D eigenvalue weighted by atomic mass is 10.1. The molecule has 0 atom stereocenters. The fraction of sp³-hybridized carbons (Fsp3) is 0.417. The highest BCUT2D eigenvalue weighted by Crippen LogP contribution is 2.07. The molecular weight excluding hydrogens is 190 g/mol. The number of aryl methyl sites for hydroxylation is 2. The predicted molar refractivity (Wildman–Crippen MR) is 65.8 cm³/mol. The standard InChI is InChI=1S/C9H10O.C2H6.CH4O.H3N/c1-7-3-4-9(6-10)5-8(7)2;2*1-2;/h3-6H,1-2H3;1-2H3;2H,1H3;1H3. The zero-order chi connectivity index (χ0) is 11.6. The number of benzene rings is 1. The Labute approximate surface area is 92.7 Å². The van der Waals surface area contributed by atoms with Gasteiger partial charge in [-0.05, 0) is 31.0 Å². The average molecular weight is 213 g/mol. The van der Waals surface area contributed by atoms with Gasteiger partial charge in [-0.3, -0.25) is 4.79 Å². The van der Waals surface area contributed by atoms with Crippen LogP contribution in [0.25, 0.3) is 0 Å². The summed E-state index contributed by atoms with van der Waals surface area (Å²) in [5, 5.41) is 7.00. The first-order valence-corrected chi connectivity index (χ1v) is 4.71. The Morgan fingerprint density at radius 2 is 1.53 bits per heavy atom. The summed E-state index contributed by atoms with van der Waals surface area (Å²) in [6.07, 6.45) is 0.867. The van der Waals surface area contributed by atoms with Gasteiger partial charge in [0.1, 0.15) is 6.29 Å². The number of carbonyl (C=O) groups is 1. The molecule has 0 aromatic heterocycles. The van der Waals surface area contributed by atoms with Crippen LogP contribution < -0.4 is 6.15 Å². The summed E-state index contributed by atoms with van der Waals surface area (Å²) in [7, 11) is 1.00. The summed E-state index contributed by atoms with van der Waals surface area (Å²) in [5.74, 6) is 0. The van der Waals surface area contributed by atoms with Gasteiger partial charge >= 0.3 is 0 Å². The van der Waals surface area contributed by atoms with Gasteiger partial charge in [0, 0.05) is 12.7 Å². The van der Waals surface area contributed by atoms with Crippen LogP contribution in [0.4, 0.5) is 0 Å². The quantitative estimate of drug-likeness (QED) is 0.704. The van der Waals surface area contributed by atoms with Crippen LogP contribution in [0.15, 0.2) is 18.2 Å². The molecule has 0 bridgehead atoms. The lowest BCUT2D eigenvalue weighted by Gasteiger charge is -1.97. The van der Waals surface area contributed by atoms with E-state index in [-0.39, 0.29) is 6.15 Å². The van der Waals surface area contributed by atoms with E-state index in [1.54, 1.807) is 0 Å². The molecule has 0 radical (unpaired) electrons.